The third kappa shape index (κ3) is 3.13. The maximum atomic E-state index is 4.27. The van der Waals surface area contributed by atoms with Crippen molar-refractivity contribution in [3.05, 3.63) is 66.9 Å². The van der Waals surface area contributed by atoms with Crippen molar-refractivity contribution in [1.82, 2.24) is 4.98 Å². The molecule has 2 aromatic rings. The second-order valence-corrected chi connectivity index (χ2v) is 3.32. The van der Waals surface area contributed by atoms with Gasteiger partial charge in [-0.25, -0.2) is 0 Å². The summed E-state index contributed by atoms with van der Waals surface area (Å²) in [6, 6.07) is 15.2. The minimum Gasteiger partial charge on any atom is -0.305 e. The van der Waals surface area contributed by atoms with Gasteiger partial charge in [-0.05, 0) is 18.2 Å². The van der Waals surface area contributed by atoms with Gasteiger partial charge in [-0.2, -0.15) is 0 Å². The molecule has 0 saturated carbocycles. The topological polar surface area (TPSA) is 12.9 Å². The van der Waals surface area contributed by atoms with Crippen LogP contribution in [0, 0.1) is 6.07 Å². The number of allylic oxidation sites excluding steroid dienone is 1. The van der Waals surface area contributed by atoms with Crippen LogP contribution < -0.4 is 0 Å². The third-order valence-electron chi connectivity index (χ3n) is 2.20. The summed E-state index contributed by atoms with van der Waals surface area (Å²) < 4.78 is 0. The molecule has 1 radical (unpaired) electrons. The van der Waals surface area contributed by atoms with E-state index in [4.69, 9.17) is 0 Å². The van der Waals surface area contributed by atoms with Gasteiger partial charge in [0.2, 0.25) is 0 Å². The van der Waals surface area contributed by atoms with E-state index in [1.165, 1.54) is 5.56 Å². The van der Waals surface area contributed by atoms with Gasteiger partial charge in [0, 0.05) is 26.3 Å². The van der Waals surface area contributed by atoms with Gasteiger partial charge in [0.25, 0.3) is 0 Å². The van der Waals surface area contributed by atoms with Crippen molar-refractivity contribution in [2.45, 2.75) is 6.42 Å². The Morgan fingerprint density at radius 3 is 2.69 bits per heavy atom. The maximum Gasteiger partial charge on any atom is 0.0160 e. The van der Waals surface area contributed by atoms with Crippen LogP contribution in [0.5, 0.6) is 0 Å². The molecule has 0 aliphatic rings. The fourth-order valence-corrected chi connectivity index (χ4v) is 1.43. The van der Waals surface area contributed by atoms with Crippen LogP contribution in [0.3, 0.4) is 0 Å². The van der Waals surface area contributed by atoms with Crippen molar-refractivity contribution < 1.29 is 20.1 Å². The first kappa shape index (κ1) is 12.8. The van der Waals surface area contributed by atoms with Crippen LogP contribution in [0.25, 0.3) is 11.3 Å². The molecular formula is C14H12IrN-. The minimum absolute atomic E-state index is 0. The molecule has 2 rings (SSSR count). The molecule has 1 aromatic carbocycles. The van der Waals surface area contributed by atoms with E-state index in [0.717, 1.165) is 17.7 Å². The summed E-state index contributed by atoms with van der Waals surface area (Å²) in [5, 5.41) is 0. The second kappa shape index (κ2) is 6.37. The van der Waals surface area contributed by atoms with Gasteiger partial charge in [-0.1, -0.05) is 18.2 Å². The van der Waals surface area contributed by atoms with Gasteiger partial charge >= 0.3 is 0 Å². The van der Waals surface area contributed by atoms with Crippen molar-refractivity contribution in [1.29, 1.82) is 0 Å². The number of pyridine rings is 1. The molecule has 16 heavy (non-hydrogen) atoms. The average Bonchev–Trinajstić information content (AvgIpc) is 2.32. The first-order valence-electron chi connectivity index (χ1n) is 4.93. The van der Waals surface area contributed by atoms with Crippen molar-refractivity contribution in [3.8, 4) is 11.3 Å². The quantitative estimate of drug-likeness (QED) is 0.583. The Kier molecular flexibility index (Phi) is 5.10. The van der Waals surface area contributed by atoms with Crippen molar-refractivity contribution >= 4 is 0 Å². The van der Waals surface area contributed by atoms with E-state index < -0.39 is 0 Å². The molecule has 0 bridgehead atoms. The van der Waals surface area contributed by atoms with Gasteiger partial charge in [-0.15, -0.1) is 42.0 Å². The number of hydrogen-bond donors (Lipinski definition) is 0. The molecule has 0 aliphatic heterocycles. The van der Waals surface area contributed by atoms with E-state index in [0.29, 0.717) is 0 Å². The molecule has 0 spiro atoms. The van der Waals surface area contributed by atoms with E-state index in [-0.39, 0.29) is 20.1 Å². The van der Waals surface area contributed by atoms with Crippen LogP contribution in [0.4, 0.5) is 0 Å². The van der Waals surface area contributed by atoms with E-state index in [1.54, 1.807) is 6.20 Å². The fraction of sp³-hybridized carbons (Fsp3) is 0.0714. The first-order chi connectivity index (χ1) is 7.40. The maximum absolute atomic E-state index is 4.27. The molecular weight excluding hydrogens is 374 g/mol. The molecule has 2 heteroatoms. The molecule has 0 fully saturated rings. The molecule has 0 saturated heterocycles. The third-order valence-corrected chi connectivity index (χ3v) is 2.20. The molecule has 83 valence electrons. The number of nitrogens with zero attached hydrogens (tertiary/aromatic N) is 1. The molecule has 1 heterocycles. The summed E-state index contributed by atoms with van der Waals surface area (Å²) in [4.78, 5) is 4.27. The van der Waals surface area contributed by atoms with E-state index >= 15 is 0 Å². The summed E-state index contributed by atoms with van der Waals surface area (Å²) >= 11 is 0. The SMILES string of the molecule is C=CCc1c[c-]c(-c2ccccn2)cc1.[Ir]. The summed E-state index contributed by atoms with van der Waals surface area (Å²) in [5.74, 6) is 0. The molecule has 1 nitrogen and oxygen atoms in total. The Morgan fingerprint density at radius 2 is 2.12 bits per heavy atom. The Morgan fingerprint density at radius 1 is 1.25 bits per heavy atom. The zero-order valence-electron chi connectivity index (χ0n) is 8.81. The normalized spacial score (nSPS) is 9.25. The van der Waals surface area contributed by atoms with Crippen LogP contribution in [0.15, 0.2) is 55.3 Å². The minimum atomic E-state index is 0. The molecule has 0 aliphatic carbocycles. The predicted molar refractivity (Wildman–Crippen MR) is 62.4 cm³/mol. The van der Waals surface area contributed by atoms with Crippen molar-refractivity contribution in [2.24, 2.45) is 0 Å². The van der Waals surface area contributed by atoms with Crippen LogP contribution in [-0.2, 0) is 26.5 Å². The summed E-state index contributed by atoms with van der Waals surface area (Å²) in [7, 11) is 0. The second-order valence-electron chi connectivity index (χ2n) is 3.32. The van der Waals surface area contributed by atoms with Gasteiger partial charge < -0.3 is 4.98 Å². The van der Waals surface area contributed by atoms with Crippen molar-refractivity contribution in [3.63, 3.8) is 0 Å². The zero-order chi connectivity index (χ0) is 10.5. The summed E-state index contributed by atoms with van der Waals surface area (Å²) in [6.07, 6.45) is 4.57. The van der Waals surface area contributed by atoms with E-state index in [9.17, 15) is 0 Å². The largest absolute Gasteiger partial charge is 0.305 e. The molecule has 0 amide bonds. The smallest absolute Gasteiger partial charge is 0.0160 e. The van der Waals surface area contributed by atoms with Gasteiger partial charge in [-0.3, -0.25) is 0 Å². The summed E-state index contributed by atoms with van der Waals surface area (Å²) in [6.45, 7) is 3.71. The number of benzene rings is 1. The standard InChI is InChI=1S/C14H12N.Ir/c1-2-5-12-7-9-13(10-8-12)14-6-3-4-11-15-14;/h2-4,6-9,11H,1,5H2;/q-1;. The molecule has 1 aromatic heterocycles. The Labute approximate surface area is 110 Å². The van der Waals surface area contributed by atoms with Crippen LogP contribution in [-0.4, -0.2) is 4.98 Å². The van der Waals surface area contributed by atoms with Crippen LogP contribution in [0.2, 0.25) is 0 Å². The van der Waals surface area contributed by atoms with Gasteiger partial charge in [0.1, 0.15) is 0 Å². The first-order valence-corrected chi connectivity index (χ1v) is 4.93. The molecule has 0 unspecified atom stereocenters. The van der Waals surface area contributed by atoms with Crippen molar-refractivity contribution in [2.75, 3.05) is 0 Å². The van der Waals surface area contributed by atoms with E-state index in [1.807, 2.05) is 36.4 Å². The number of aromatic nitrogens is 1. The van der Waals surface area contributed by atoms with Gasteiger partial charge in [0.05, 0.1) is 0 Å². The summed E-state index contributed by atoms with van der Waals surface area (Å²) in [5.41, 5.74) is 3.22. The molecule has 0 atom stereocenters. The zero-order valence-corrected chi connectivity index (χ0v) is 11.2. The predicted octanol–water partition coefficient (Wildman–Crippen LogP) is 3.27. The Hall–Kier alpha value is -1.24. The average molecular weight is 386 g/mol. The van der Waals surface area contributed by atoms with Crippen LogP contribution in [0.1, 0.15) is 5.56 Å². The fourth-order valence-electron chi connectivity index (χ4n) is 1.43. The number of rotatable bonds is 3. The van der Waals surface area contributed by atoms with Crippen LogP contribution >= 0.6 is 0 Å². The number of hydrogen-bond acceptors (Lipinski definition) is 1. The Bertz CT molecular complexity index is 434. The Balaban J connectivity index is 0.00000128. The van der Waals surface area contributed by atoms with E-state index in [2.05, 4.69) is 23.7 Å². The molecule has 0 N–H and O–H groups in total. The monoisotopic (exact) mass is 387 g/mol. The van der Waals surface area contributed by atoms with Gasteiger partial charge in [0.15, 0.2) is 0 Å².